The minimum Gasteiger partial charge on any atom is -0.492 e. The second-order valence-electron chi connectivity index (χ2n) is 5.30. The molecule has 0 aliphatic heterocycles. The molecule has 3 N–H and O–H groups in total. The fourth-order valence-electron chi connectivity index (χ4n) is 2.02. The van der Waals surface area contributed by atoms with Crippen LogP contribution < -0.4 is 20.7 Å². The molecular formula is C18H20BrN3O3. The molecule has 0 bridgehead atoms. The third-order valence-electron chi connectivity index (χ3n) is 3.20. The molecule has 2 rings (SSSR count). The first-order valence-corrected chi connectivity index (χ1v) is 8.59. The summed E-state index contributed by atoms with van der Waals surface area (Å²) in [6.07, 6.45) is 0. The van der Waals surface area contributed by atoms with Gasteiger partial charge in [0.25, 0.3) is 0 Å². The van der Waals surface area contributed by atoms with Crippen LogP contribution in [0.5, 0.6) is 5.75 Å². The summed E-state index contributed by atoms with van der Waals surface area (Å²) in [7, 11) is 0. The van der Waals surface area contributed by atoms with Crippen LogP contribution in [-0.4, -0.2) is 31.6 Å². The lowest BCUT2D eigenvalue weighted by Gasteiger charge is -2.10. The van der Waals surface area contributed by atoms with Crippen LogP contribution in [0.15, 0.2) is 53.0 Å². The molecule has 0 atom stereocenters. The van der Waals surface area contributed by atoms with Crippen molar-refractivity contribution in [2.24, 2.45) is 0 Å². The predicted octanol–water partition coefficient (Wildman–Crippen LogP) is 3.07. The Kier molecular flexibility index (Phi) is 7.28. The SMILES string of the molecule is Cc1cccc(OCCNC(=O)NCC(=O)Nc2ccccc2Br)c1. The lowest BCUT2D eigenvalue weighted by Crippen LogP contribution is -2.41. The Bertz CT molecular complexity index is 737. The summed E-state index contributed by atoms with van der Waals surface area (Å²) in [5.41, 5.74) is 1.76. The highest BCUT2D eigenvalue weighted by atomic mass is 79.9. The summed E-state index contributed by atoms with van der Waals surface area (Å²) >= 11 is 3.34. The smallest absolute Gasteiger partial charge is 0.315 e. The maximum Gasteiger partial charge on any atom is 0.315 e. The lowest BCUT2D eigenvalue weighted by atomic mass is 10.2. The van der Waals surface area contributed by atoms with E-state index in [0.717, 1.165) is 15.8 Å². The number of para-hydroxylation sites is 1. The molecule has 0 spiro atoms. The van der Waals surface area contributed by atoms with Crippen molar-refractivity contribution in [1.29, 1.82) is 0 Å². The molecule has 0 aliphatic carbocycles. The van der Waals surface area contributed by atoms with Gasteiger partial charge < -0.3 is 20.7 Å². The number of carbonyl (C=O) groups is 2. The molecule has 0 aromatic heterocycles. The predicted molar refractivity (Wildman–Crippen MR) is 101 cm³/mol. The molecule has 0 saturated carbocycles. The van der Waals surface area contributed by atoms with E-state index in [9.17, 15) is 9.59 Å². The Balaban J connectivity index is 1.62. The number of hydrogen-bond acceptors (Lipinski definition) is 3. The van der Waals surface area contributed by atoms with Crippen molar-refractivity contribution in [3.8, 4) is 5.75 Å². The van der Waals surface area contributed by atoms with Gasteiger partial charge in [-0.25, -0.2) is 4.79 Å². The number of aryl methyl sites for hydroxylation is 1. The molecule has 2 aromatic carbocycles. The van der Waals surface area contributed by atoms with Crippen LogP contribution in [0.2, 0.25) is 0 Å². The van der Waals surface area contributed by atoms with Gasteiger partial charge in [-0.05, 0) is 52.7 Å². The van der Waals surface area contributed by atoms with Crippen molar-refractivity contribution in [2.75, 3.05) is 25.0 Å². The fourth-order valence-corrected chi connectivity index (χ4v) is 2.40. The number of urea groups is 1. The van der Waals surface area contributed by atoms with Gasteiger partial charge in [-0.2, -0.15) is 0 Å². The van der Waals surface area contributed by atoms with E-state index in [1.54, 1.807) is 6.07 Å². The summed E-state index contributed by atoms with van der Waals surface area (Å²) in [4.78, 5) is 23.5. The molecule has 0 heterocycles. The second-order valence-corrected chi connectivity index (χ2v) is 6.16. The Morgan fingerprint density at radius 3 is 2.64 bits per heavy atom. The number of halogens is 1. The monoisotopic (exact) mass is 405 g/mol. The van der Waals surface area contributed by atoms with Gasteiger partial charge in [-0.15, -0.1) is 0 Å². The first-order chi connectivity index (χ1) is 12.0. The molecule has 0 saturated heterocycles. The summed E-state index contributed by atoms with van der Waals surface area (Å²) in [5, 5.41) is 7.84. The maximum absolute atomic E-state index is 11.8. The van der Waals surface area contributed by atoms with E-state index < -0.39 is 6.03 Å². The van der Waals surface area contributed by atoms with Gasteiger partial charge in [0, 0.05) is 4.47 Å². The first-order valence-electron chi connectivity index (χ1n) is 7.80. The van der Waals surface area contributed by atoms with Gasteiger partial charge in [-0.1, -0.05) is 24.3 Å². The Hall–Kier alpha value is -2.54. The summed E-state index contributed by atoms with van der Waals surface area (Å²) in [6.45, 7) is 2.55. The molecule has 7 heteroatoms. The third-order valence-corrected chi connectivity index (χ3v) is 3.89. The van der Waals surface area contributed by atoms with Crippen LogP contribution in [0.1, 0.15) is 5.56 Å². The number of hydrogen-bond donors (Lipinski definition) is 3. The molecule has 0 fully saturated rings. The molecule has 2 aromatic rings. The van der Waals surface area contributed by atoms with Crippen LogP contribution in [0.3, 0.4) is 0 Å². The van der Waals surface area contributed by atoms with Gasteiger partial charge in [0.2, 0.25) is 5.91 Å². The first kappa shape index (κ1) is 18.8. The summed E-state index contributed by atoms with van der Waals surface area (Å²) in [5.74, 6) is 0.452. The molecule has 0 radical (unpaired) electrons. The van der Waals surface area contributed by atoms with E-state index in [1.165, 1.54) is 0 Å². The van der Waals surface area contributed by atoms with E-state index >= 15 is 0 Å². The fraction of sp³-hybridized carbons (Fsp3) is 0.222. The van der Waals surface area contributed by atoms with Crippen LogP contribution in [0, 0.1) is 6.92 Å². The quantitative estimate of drug-likeness (QED) is 0.619. The Morgan fingerprint density at radius 2 is 1.88 bits per heavy atom. The number of benzene rings is 2. The molecule has 25 heavy (non-hydrogen) atoms. The Morgan fingerprint density at radius 1 is 1.08 bits per heavy atom. The number of amides is 3. The molecule has 6 nitrogen and oxygen atoms in total. The van der Waals surface area contributed by atoms with Crippen molar-refractivity contribution < 1.29 is 14.3 Å². The van der Waals surface area contributed by atoms with Gasteiger partial charge in [0.05, 0.1) is 18.8 Å². The standard InChI is InChI=1S/C18H20BrN3O3/c1-13-5-4-6-14(11-13)25-10-9-20-18(24)21-12-17(23)22-16-8-3-2-7-15(16)19/h2-8,11H,9-10,12H2,1H3,(H,22,23)(H2,20,21,24). The van der Waals surface area contributed by atoms with E-state index in [2.05, 4.69) is 31.9 Å². The van der Waals surface area contributed by atoms with Crippen molar-refractivity contribution >= 4 is 33.6 Å². The average molecular weight is 406 g/mol. The molecule has 132 valence electrons. The highest BCUT2D eigenvalue weighted by Crippen LogP contribution is 2.20. The minimum absolute atomic E-state index is 0.119. The zero-order chi connectivity index (χ0) is 18.1. The molecule has 0 aliphatic rings. The zero-order valence-corrected chi connectivity index (χ0v) is 15.4. The summed E-state index contributed by atoms with van der Waals surface area (Å²) < 4.78 is 6.31. The van der Waals surface area contributed by atoms with Gasteiger partial charge in [-0.3, -0.25) is 4.79 Å². The van der Waals surface area contributed by atoms with Crippen LogP contribution in [-0.2, 0) is 4.79 Å². The van der Waals surface area contributed by atoms with E-state index in [0.29, 0.717) is 18.8 Å². The van der Waals surface area contributed by atoms with Crippen LogP contribution in [0.4, 0.5) is 10.5 Å². The van der Waals surface area contributed by atoms with Gasteiger partial charge in [0.15, 0.2) is 0 Å². The number of rotatable bonds is 7. The van der Waals surface area contributed by atoms with Crippen molar-refractivity contribution in [2.45, 2.75) is 6.92 Å². The largest absolute Gasteiger partial charge is 0.492 e. The Labute approximate surface area is 155 Å². The van der Waals surface area contributed by atoms with Gasteiger partial charge >= 0.3 is 6.03 Å². The number of carbonyl (C=O) groups excluding carboxylic acids is 2. The van der Waals surface area contributed by atoms with E-state index in [1.807, 2.05) is 49.4 Å². The number of anilines is 1. The third kappa shape index (κ3) is 6.84. The zero-order valence-electron chi connectivity index (χ0n) is 13.8. The molecule has 3 amide bonds. The van der Waals surface area contributed by atoms with Gasteiger partial charge in [0.1, 0.15) is 12.4 Å². The molecular weight excluding hydrogens is 386 g/mol. The normalized spacial score (nSPS) is 10.0. The van der Waals surface area contributed by atoms with Crippen molar-refractivity contribution in [1.82, 2.24) is 10.6 Å². The highest BCUT2D eigenvalue weighted by molar-refractivity contribution is 9.10. The van der Waals surface area contributed by atoms with Crippen molar-refractivity contribution in [3.05, 3.63) is 58.6 Å². The van der Waals surface area contributed by atoms with Crippen LogP contribution >= 0.6 is 15.9 Å². The van der Waals surface area contributed by atoms with E-state index in [4.69, 9.17) is 4.74 Å². The lowest BCUT2D eigenvalue weighted by molar-refractivity contribution is -0.115. The second kappa shape index (κ2) is 9.68. The van der Waals surface area contributed by atoms with Crippen LogP contribution in [0.25, 0.3) is 0 Å². The minimum atomic E-state index is -0.421. The molecule has 0 unspecified atom stereocenters. The van der Waals surface area contributed by atoms with E-state index in [-0.39, 0.29) is 12.5 Å². The summed E-state index contributed by atoms with van der Waals surface area (Å²) in [6, 6.07) is 14.5. The van der Waals surface area contributed by atoms with Crippen molar-refractivity contribution in [3.63, 3.8) is 0 Å². The maximum atomic E-state index is 11.8. The topological polar surface area (TPSA) is 79.5 Å². The number of nitrogens with one attached hydrogen (secondary N) is 3. The average Bonchev–Trinajstić information content (AvgIpc) is 2.59. The highest BCUT2D eigenvalue weighted by Gasteiger charge is 2.07. The number of ether oxygens (including phenoxy) is 1.